The second kappa shape index (κ2) is 14.6. The molecule has 0 aliphatic heterocycles. The second-order valence-corrected chi connectivity index (χ2v) is 8.28. The van der Waals surface area contributed by atoms with Crippen LogP contribution < -0.4 is 10.1 Å². The lowest BCUT2D eigenvalue weighted by molar-refractivity contribution is -0.384. The van der Waals surface area contributed by atoms with Crippen LogP contribution in [0.25, 0.3) is 0 Å². The van der Waals surface area contributed by atoms with E-state index >= 15 is 0 Å². The van der Waals surface area contributed by atoms with Gasteiger partial charge in [-0.3, -0.25) is 14.9 Å². The van der Waals surface area contributed by atoms with Crippen molar-refractivity contribution < 1.29 is 32.8 Å². The van der Waals surface area contributed by atoms with Crippen molar-refractivity contribution in [2.45, 2.75) is 26.3 Å². The van der Waals surface area contributed by atoms with Gasteiger partial charge >= 0.3 is 14.2 Å². The van der Waals surface area contributed by atoms with Gasteiger partial charge in [-0.2, -0.15) is 0 Å². The van der Waals surface area contributed by atoms with Crippen LogP contribution in [0.3, 0.4) is 0 Å². The number of halogens is 2. The normalized spacial score (nSPS) is 11.0. The molecule has 0 aliphatic carbocycles. The van der Waals surface area contributed by atoms with E-state index in [1.54, 1.807) is 26.0 Å². The van der Waals surface area contributed by atoms with Crippen LogP contribution in [0, 0.1) is 10.1 Å². The Kier molecular flexibility index (Phi) is 12.6. The van der Waals surface area contributed by atoms with Crippen molar-refractivity contribution in [3.8, 4) is 11.5 Å². The van der Waals surface area contributed by atoms with Gasteiger partial charge in [0.25, 0.3) is 5.69 Å². The number of nitrogens with one attached hydrogen (secondary N) is 1. The molecule has 0 bridgehead atoms. The predicted octanol–water partition coefficient (Wildman–Crippen LogP) is 6.38. The van der Waals surface area contributed by atoms with Crippen molar-refractivity contribution >= 4 is 48.8 Å². The Morgan fingerprint density at radius 3 is 2.36 bits per heavy atom. The topological polar surface area (TPSA) is 126 Å². The Morgan fingerprint density at radius 2 is 1.85 bits per heavy atom. The van der Waals surface area contributed by atoms with E-state index in [-0.39, 0.29) is 36.4 Å². The number of nitrogens with zero attached hydrogens (tertiary/aromatic N) is 1. The third kappa shape index (κ3) is 10.3. The zero-order valence-electron chi connectivity index (χ0n) is 18.4. The van der Waals surface area contributed by atoms with E-state index in [4.69, 9.17) is 32.7 Å². The summed E-state index contributed by atoms with van der Waals surface area (Å²) in [6, 6.07) is 8.63. The summed E-state index contributed by atoms with van der Waals surface area (Å²) in [5.74, 6) is 0.316. The van der Waals surface area contributed by atoms with Gasteiger partial charge in [-0.05, 0) is 38.1 Å². The Morgan fingerprint density at radius 1 is 1.18 bits per heavy atom. The molecule has 180 valence electrons. The Hall–Kier alpha value is -2.49. The quantitative estimate of drug-likeness (QED) is 0.164. The molecule has 0 spiro atoms. The highest BCUT2D eigenvalue weighted by atomic mass is 35.5. The first-order chi connectivity index (χ1) is 15.6. The van der Waals surface area contributed by atoms with E-state index < -0.39 is 13.2 Å². The van der Waals surface area contributed by atoms with E-state index in [1.807, 2.05) is 0 Å². The molecule has 0 saturated heterocycles. The van der Waals surface area contributed by atoms with Crippen LogP contribution in [-0.4, -0.2) is 37.8 Å². The first kappa shape index (κ1) is 28.5. The summed E-state index contributed by atoms with van der Waals surface area (Å²) in [4.78, 5) is 22.4. The van der Waals surface area contributed by atoms with Gasteiger partial charge in [-0.1, -0.05) is 23.2 Å². The van der Waals surface area contributed by atoms with Gasteiger partial charge in [-0.15, -0.1) is 9.05 Å². The molecule has 2 aromatic rings. The van der Waals surface area contributed by atoms with E-state index in [1.165, 1.54) is 38.5 Å². The number of carbonyl (C=O) groups excluding carboxylic acids is 1. The smallest absolute Gasteiger partial charge is 0.466 e. The molecule has 0 fully saturated rings. The third-order valence-electron chi connectivity index (χ3n) is 3.76. The summed E-state index contributed by atoms with van der Waals surface area (Å²) in [6.45, 7) is 3.71. The average Bonchev–Trinajstić information content (AvgIpc) is 2.75. The summed E-state index contributed by atoms with van der Waals surface area (Å²) in [7, 11) is 0.817. The van der Waals surface area contributed by atoms with Crippen LogP contribution in [0.2, 0.25) is 10.0 Å². The van der Waals surface area contributed by atoms with Crippen LogP contribution in [0.15, 0.2) is 36.4 Å². The van der Waals surface area contributed by atoms with Gasteiger partial charge in [0, 0.05) is 27.8 Å². The van der Waals surface area contributed by atoms with Crippen molar-refractivity contribution in [2.75, 3.05) is 26.1 Å². The van der Waals surface area contributed by atoms with Gasteiger partial charge in [0.05, 0.1) is 37.2 Å². The summed E-state index contributed by atoms with van der Waals surface area (Å²) < 4.78 is 28.8. The molecule has 0 saturated carbocycles. The third-order valence-corrected chi connectivity index (χ3v) is 4.89. The number of benzene rings is 2. The highest BCUT2D eigenvalue weighted by Gasteiger charge is 2.19. The molecule has 2 rings (SSSR count). The van der Waals surface area contributed by atoms with Crippen molar-refractivity contribution in [1.29, 1.82) is 0 Å². The summed E-state index contributed by atoms with van der Waals surface area (Å²) >= 11 is 11.9. The van der Waals surface area contributed by atoms with Crippen LogP contribution in [-0.2, 0) is 23.1 Å². The van der Waals surface area contributed by atoms with Crippen molar-refractivity contribution in [2.24, 2.45) is 0 Å². The fraction of sp³-hybridized carbons (Fsp3) is 0.350. The van der Waals surface area contributed by atoms with Gasteiger partial charge in [0.15, 0.2) is 0 Å². The number of nitro benzene ring substituents is 1. The van der Waals surface area contributed by atoms with Gasteiger partial charge in [0.1, 0.15) is 17.2 Å². The Balaban J connectivity index is 0.000000801. The van der Waals surface area contributed by atoms with Gasteiger partial charge in [-0.25, -0.2) is 0 Å². The van der Waals surface area contributed by atoms with E-state index in [2.05, 4.69) is 14.4 Å². The summed E-state index contributed by atoms with van der Waals surface area (Å²) in [6.07, 6.45) is 0.0685. The number of anilines is 1. The maximum atomic E-state index is 11.6. The number of esters is 1. The predicted molar refractivity (Wildman–Crippen MR) is 126 cm³/mol. The molecule has 0 heterocycles. The van der Waals surface area contributed by atoms with Gasteiger partial charge < -0.3 is 14.8 Å². The lowest BCUT2D eigenvalue weighted by Gasteiger charge is -2.16. The fourth-order valence-corrected chi connectivity index (χ4v) is 3.00. The second-order valence-electron chi connectivity index (χ2n) is 6.26. The molecule has 0 aliphatic rings. The minimum atomic E-state index is -1.83. The summed E-state index contributed by atoms with van der Waals surface area (Å²) in [5, 5.41) is 15.0. The van der Waals surface area contributed by atoms with Crippen LogP contribution in [0.4, 0.5) is 11.4 Å². The van der Waals surface area contributed by atoms with Crippen molar-refractivity contribution in [3.63, 3.8) is 0 Å². The standard InChI is InChI=1S/C18H18Cl2N2O5.C2H6O3P/c1-3-26-18(23)8-11(2)21-15-10-13(5-6-16(15)22(24)25)27-17-7-4-12(19)9-14(17)20;1-4-6(3)5-2/h4-7,9-11,21H,3,8H2,1-2H3;1-2H3/q;+1. The zero-order valence-corrected chi connectivity index (χ0v) is 20.8. The van der Waals surface area contributed by atoms with E-state index in [0.717, 1.165) is 0 Å². The largest absolute Gasteiger partial charge is 0.696 e. The minimum absolute atomic E-state index is 0.0685. The Bertz CT molecular complexity index is 971. The molecule has 0 amide bonds. The number of hydrogen-bond donors (Lipinski definition) is 1. The average molecular weight is 522 g/mol. The van der Waals surface area contributed by atoms with Crippen LogP contribution >= 0.6 is 31.5 Å². The molecule has 1 unspecified atom stereocenters. The minimum Gasteiger partial charge on any atom is -0.466 e. The lowest BCUT2D eigenvalue weighted by Crippen LogP contribution is -2.21. The fourth-order valence-electron chi connectivity index (χ4n) is 2.40. The first-order valence-corrected chi connectivity index (χ1v) is 11.3. The molecule has 0 aromatic heterocycles. The number of ether oxygens (including phenoxy) is 2. The molecule has 1 atom stereocenters. The number of carbonyl (C=O) groups is 1. The van der Waals surface area contributed by atoms with Crippen LogP contribution in [0.1, 0.15) is 20.3 Å². The lowest BCUT2D eigenvalue weighted by atomic mass is 10.2. The Labute approximate surface area is 202 Å². The maximum Gasteiger partial charge on any atom is 0.696 e. The van der Waals surface area contributed by atoms with E-state index in [0.29, 0.717) is 21.5 Å². The van der Waals surface area contributed by atoms with Gasteiger partial charge in [0.2, 0.25) is 0 Å². The molecular formula is C20H24Cl2N2O8P+. The molecule has 10 nitrogen and oxygen atoms in total. The number of nitro groups is 1. The van der Waals surface area contributed by atoms with Crippen LogP contribution in [0.5, 0.6) is 11.5 Å². The highest BCUT2D eigenvalue weighted by Crippen LogP contribution is 2.35. The zero-order chi connectivity index (χ0) is 25.0. The molecule has 1 N–H and O–H groups in total. The first-order valence-electron chi connectivity index (χ1n) is 9.50. The maximum absolute atomic E-state index is 11.6. The molecule has 13 heteroatoms. The SMILES string of the molecule is CCOC(=O)CC(C)Nc1cc(Oc2ccc(Cl)cc2Cl)ccc1[N+](=O)[O-].CO[P+](=O)OC. The summed E-state index contributed by atoms with van der Waals surface area (Å²) in [5.41, 5.74) is 0.0830. The van der Waals surface area contributed by atoms with Crippen molar-refractivity contribution in [3.05, 3.63) is 56.6 Å². The molecule has 2 aromatic carbocycles. The monoisotopic (exact) mass is 521 g/mol. The number of rotatable bonds is 10. The van der Waals surface area contributed by atoms with E-state index in [9.17, 15) is 19.5 Å². The molecule has 33 heavy (non-hydrogen) atoms. The molecular weight excluding hydrogens is 498 g/mol. The number of hydrogen-bond acceptors (Lipinski definition) is 9. The molecule has 0 radical (unpaired) electrons. The van der Waals surface area contributed by atoms with Crippen molar-refractivity contribution in [1.82, 2.24) is 0 Å². The highest BCUT2D eigenvalue weighted by molar-refractivity contribution is 7.33.